The molecule has 2 nitrogen and oxygen atoms in total. The molecule has 5 heteroatoms. The summed E-state index contributed by atoms with van der Waals surface area (Å²) in [5, 5.41) is 8.62. The van der Waals surface area contributed by atoms with Crippen molar-refractivity contribution in [3.63, 3.8) is 0 Å². The van der Waals surface area contributed by atoms with Gasteiger partial charge in [0.15, 0.2) is 0 Å². The maximum atomic E-state index is 12.4. The van der Waals surface area contributed by atoms with Gasteiger partial charge in [0.2, 0.25) is 0 Å². The summed E-state index contributed by atoms with van der Waals surface area (Å²) in [5.74, 6) is -1.15. The van der Waals surface area contributed by atoms with E-state index in [1.54, 1.807) is 0 Å². The van der Waals surface area contributed by atoms with Crippen molar-refractivity contribution in [3.05, 3.63) is 0 Å². The smallest absolute Gasteiger partial charge is 0.299 e. The number of alkyl halides is 3. The summed E-state index contributed by atoms with van der Waals surface area (Å²) < 4.78 is 37.3. The lowest BCUT2D eigenvalue weighted by Crippen LogP contribution is -2.44. The Morgan fingerprint density at radius 2 is 1.94 bits per heavy atom. The summed E-state index contributed by atoms with van der Waals surface area (Å²) in [6, 6.07) is 2.22. The molecular weight excluding hydrogens is 217 g/mol. The van der Waals surface area contributed by atoms with Crippen LogP contribution in [0.4, 0.5) is 13.2 Å². The number of piperidine rings is 1. The molecule has 1 rings (SSSR count). The molecule has 0 saturated carbocycles. The van der Waals surface area contributed by atoms with Crippen LogP contribution >= 0.6 is 0 Å². The van der Waals surface area contributed by atoms with E-state index in [2.05, 4.69) is 6.07 Å². The first-order valence-corrected chi connectivity index (χ1v) is 5.66. The van der Waals surface area contributed by atoms with Crippen molar-refractivity contribution >= 4 is 0 Å². The van der Waals surface area contributed by atoms with E-state index in [0.717, 1.165) is 6.42 Å². The molecule has 1 aliphatic rings. The van der Waals surface area contributed by atoms with Gasteiger partial charge < -0.3 is 0 Å². The molecule has 16 heavy (non-hydrogen) atoms. The Hall–Kier alpha value is -0.760. The summed E-state index contributed by atoms with van der Waals surface area (Å²) in [6.45, 7) is 2.90. The molecule has 1 aliphatic heterocycles. The summed E-state index contributed by atoms with van der Waals surface area (Å²) in [7, 11) is 0. The van der Waals surface area contributed by atoms with Gasteiger partial charge in [0.25, 0.3) is 0 Å². The lowest BCUT2D eigenvalue weighted by atomic mass is 9.94. The van der Waals surface area contributed by atoms with Crippen molar-refractivity contribution in [2.75, 3.05) is 13.1 Å². The minimum Gasteiger partial charge on any atom is -0.299 e. The zero-order valence-electron chi connectivity index (χ0n) is 9.43. The van der Waals surface area contributed by atoms with Gasteiger partial charge >= 0.3 is 6.18 Å². The van der Waals surface area contributed by atoms with Gasteiger partial charge in [-0.25, -0.2) is 0 Å². The van der Waals surface area contributed by atoms with Crippen LogP contribution in [0.5, 0.6) is 0 Å². The number of rotatable bonds is 3. The normalized spacial score (nSPS) is 21.7. The minimum absolute atomic E-state index is 0.124. The molecule has 0 radical (unpaired) electrons. The van der Waals surface area contributed by atoms with Gasteiger partial charge in [-0.05, 0) is 32.4 Å². The van der Waals surface area contributed by atoms with Crippen molar-refractivity contribution in [1.82, 2.24) is 4.90 Å². The van der Waals surface area contributed by atoms with E-state index in [-0.39, 0.29) is 18.9 Å². The average Bonchev–Trinajstić information content (AvgIpc) is 2.25. The molecule has 0 N–H and O–H groups in total. The second kappa shape index (κ2) is 5.53. The van der Waals surface area contributed by atoms with Gasteiger partial charge in [0, 0.05) is 6.04 Å². The number of hydrogen-bond acceptors (Lipinski definition) is 2. The molecule has 1 unspecified atom stereocenters. The van der Waals surface area contributed by atoms with E-state index < -0.39 is 12.1 Å². The van der Waals surface area contributed by atoms with Gasteiger partial charge in [-0.3, -0.25) is 4.90 Å². The predicted molar refractivity (Wildman–Crippen MR) is 54.7 cm³/mol. The molecule has 1 saturated heterocycles. The van der Waals surface area contributed by atoms with E-state index in [1.165, 1.54) is 0 Å². The highest BCUT2D eigenvalue weighted by Gasteiger charge is 2.41. The number of hydrogen-bond donors (Lipinski definition) is 0. The van der Waals surface area contributed by atoms with E-state index in [4.69, 9.17) is 5.26 Å². The van der Waals surface area contributed by atoms with Crippen LogP contribution < -0.4 is 0 Å². The van der Waals surface area contributed by atoms with Crippen LogP contribution in [0.3, 0.4) is 0 Å². The molecule has 1 heterocycles. The van der Waals surface area contributed by atoms with E-state index >= 15 is 0 Å². The topological polar surface area (TPSA) is 27.0 Å². The molecule has 0 spiro atoms. The second-order valence-corrected chi connectivity index (χ2v) is 4.28. The van der Waals surface area contributed by atoms with Crippen molar-refractivity contribution in [1.29, 1.82) is 5.26 Å². The van der Waals surface area contributed by atoms with E-state index in [9.17, 15) is 13.2 Å². The van der Waals surface area contributed by atoms with Crippen LogP contribution in [0.2, 0.25) is 0 Å². The number of nitriles is 1. The highest BCUT2D eigenvalue weighted by atomic mass is 19.4. The molecule has 0 aliphatic carbocycles. The third-order valence-corrected chi connectivity index (χ3v) is 3.31. The summed E-state index contributed by atoms with van der Waals surface area (Å²) in [5.41, 5.74) is 0. The Labute approximate surface area is 94.0 Å². The quantitative estimate of drug-likeness (QED) is 0.750. The Balaban J connectivity index is 2.45. The van der Waals surface area contributed by atoms with Crippen LogP contribution in [0.1, 0.15) is 32.6 Å². The Morgan fingerprint density at radius 3 is 2.31 bits per heavy atom. The fourth-order valence-corrected chi connectivity index (χ4v) is 2.23. The zero-order valence-corrected chi connectivity index (χ0v) is 9.43. The Morgan fingerprint density at radius 1 is 1.38 bits per heavy atom. The summed E-state index contributed by atoms with van der Waals surface area (Å²) >= 11 is 0. The number of halogens is 3. The lowest BCUT2D eigenvalue weighted by Gasteiger charge is -2.36. The number of nitrogens with zero attached hydrogens (tertiary/aromatic N) is 2. The summed E-state index contributed by atoms with van der Waals surface area (Å²) in [6.07, 6.45) is -2.47. The van der Waals surface area contributed by atoms with E-state index in [1.807, 2.05) is 11.8 Å². The van der Waals surface area contributed by atoms with Crippen LogP contribution in [0.15, 0.2) is 0 Å². The van der Waals surface area contributed by atoms with Crippen LogP contribution in [-0.4, -0.2) is 30.2 Å². The largest absolute Gasteiger partial charge is 0.391 e. The van der Waals surface area contributed by atoms with Gasteiger partial charge in [-0.15, -0.1) is 0 Å². The number of likely N-dealkylation sites (tertiary alicyclic amines) is 1. The molecule has 0 bridgehead atoms. The second-order valence-electron chi connectivity index (χ2n) is 4.28. The minimum atomic E-state index is -4.05. The molecule has 1 fully saturated rings. The first-order valence-electron chi connectivity index (χ1n) is 5.66. The Kier molecular flexibility index (Phi) is 4.60. The molecule has 1 atom stereocenters. The van der Waals surface area contributed by atoms with Crippen molar-refractivity contribution < 1.29 is 13.2 Å². The van der Waals surface area contributed by atoms with Gasteiger partial charge in [-0.1, -0.05) is 6.92 Å². The molecule has 0 aromatic heterocycles. The van der Waals surface area contributed by atoms with Gasteiger partial charge in [-0.2, -0.15) is 18.4 Å². The van der Waals surface area contributed by atoms with Crippen molar-refractivity contribution in [2.45, 2.75) is 44.8 Å². The molecule has 0 aromatic rings. The SMILES string of the molecule is CCC(CC#N)N1CCC(C(F)(F)F)CC1. The highest BCUT2D eigenvalue weighted by Crippen LogP contribution is 2.34. The third kappa shape index (κ3) is 3.38. The van der Waals surface area contributed by atoms with Crippen LogP contribution in [0, 0.1) is 17.2 Å². The maximum Gasteiger partial charge on any atom is 0.391 e. The predicted octanol–water partition coefficient (Wildman–Crippen LogP) is 2.95. The fraction of sp³-hybridized carbons (Fsp3) is 0.909. The van der Waals surface area contributed by atoms with Crippen molar-refractivity contribution in [2.24, 2.45) is 5.92 Å². The fourth-order valence-electron chi connectivity index (χ4n) is 2.23. The van der Waals surface area contributed by atoms with Crippen LogP contribution in [0.25, 0.3) is 0 Å². The van der Waals surface area contributed by atoms with Crippen LogP contribution in [-0.2, 0) is 0 Å². The standard InChI is InChI=1S/C11H17F3N2/c1-2-10(3-6-15)16-7-4-9(5-8-16)11(12,13)14/h9-10H,2-5,7-8H2,1H3. The third-order valence-electron chi connectivity index (χ3n) is 3.31. The van der Waals surface area contributed by atoms with E-state index in [0.29, 0.717) is 19.5 Å². The monoisotopic (exact) mass is 234 g/mol. The zero-order chi connectivity index (χ0) is 12.2. The average molecular weight is 234 g/mol. The molecular formula is C11H17F3N2. The van der Waals surface area contributed by atoms with Gasteiger partial charge in [0.1, 0.15) is 0 Å². The highest BCUT2D eigenvalue weighted by molar-refractivity contribution is 4.86. The maximum absolute atomic E-state index is 12.4. The lowest BCUT2D eigenvalue weighted by molar-refractivity contribution is -0.186. The Bertz CT molecular complexity index is 249. The summed E-state index contributed by atoms with van der Waals surface area (Å²) in [4.78, 5) is 2.02. The first kappa shape index (κ1) is 13.3. The molecule has 0 aromatic carbocycles. The first-order chi connectivity index (χ1) is 7.49. The van der Waals surface area contributed by atoms with Gasteiger partial charge in [0.05, 0.1) is 18.4 Å². The molecule has 0 amide bonds. The molecule has 92 valence electrons. The van der Waals surface area contributed by atoms with Crippen molar-refractivity contribution in [3.8, 4) is 6.07 Å².